The van der Waals surface area contributed by atoms with Crippen molar-refractivity contribution in [3.63, 3.8) is 0 Å². The molecule has 0 bridgehead atoms. The minimum Gasteiger partial charge on any atom is -0.489 e. The second-order valence-corrected chi connectivity index (χ2v) is 8.16. The third-order valence-corrected chi connectivity index (χ3v) is 6.33. The zero-order valence-electron chi connectivity index (χ0n) is 18.0. The van der Waals surface area contributed by atoms with Crippen LogP contribution in [0.5, 0.6) is 5.75 Å². The van der Waals surface area contributed by atoms with Crippen LogP contribution in [0.1, 0.15) is 48.8 Å². The lowest BCUT2D eigenvalue weighted by molar-refractivity contribution is 0.131. The Bertz CT molecular complexity index is 897. The molecule has 3 heteroatoms. The van der Waals surface area contributed by atoms with Gasteiger partial charge in [-0.15, -0.1) is 0 Å². The summed E-state index contributed by atoms with van der Waals surface area (Å²) >= 11 is 0. The predicted molar refractivity (Wildman–Crippen MR) is 124 cm³/mol. The van der Waals surface area contributed by atoms with E-state index in [1.165, 1.54) is 5.56 Å². The number of rotatable bonds is 10. The Hall–Kier alpha value is -2.62. The third kappa shape index (κ3) is 4.92. The van der Waals surface area contributed by atoms with Gasteiger partial charge in [-0.2, -0.15) is 0 Å². The molecule has 3 nitrogen and oxygen atoms in total. The van der Waals surface area contributed by atoms with Crippen LogP contribution in [0.25, 0.3) is 0 Å². The van der Waals surface area contributed by atoms with Crippen LogP contribution in [0, 0.1) is 5.41 Å². The SMILES string of the molecule is CC[C@@H](c1cccc(OCc2ccccc2)c1)[C@@](C)(CN)[C@H](CO)c1ccccc1. The van der Waals surface area contributed by atoms with E-state index in [0.29, 0.717) is 13.2 Å². The molecular weight excluding hydrogens is 370 g/mol. The fraction of sp³-hybridized carbons (Fsp3) is 0.333. The number of hydrogen-bond acceptors (Lipinski definition) is 3. The molecule has 0 aliphatic rings. The van der Waals surface area contributed by atoms with Crippen LogP contribution in [0.4, 0.5) is 0 Å². The Labute approximate surface area is 180 Å². The smallest absolute Gasteiger partial charge is 0.120 e. The van der Waals surface area contributed by atoms with Crippen molar-refractivity contribution in [3.05, 3.63) is 102 Å². The molecule has 3 rings (SSSR count). The standard InChI is InChI=1S/C27H33NO2/c1-3-25(27(2,20-28)26(18-29)22-13-8-5-9-14-22)23-15-10-16-24(17-23)30-19-21-11-6-4-7-12-21/h4-17,25-26,29H,3,18-20,28H2,1-2H3/t25-,26+,27+/m0/s1. The van der Waals surface area contributed by atoms with Crippen molar-refractivity contribution in [2.45, 2.75) is 38.7 Å². The van der Waals surface area contributed by atoms with Crippen molar-refractivity contribution < 1.29 is 9.84 Å². The van der Waals surface area contributed by atoms with Gasteiger partial charge < -0.3 is 15.6 Å². The van der Waals surface area contributed by atoms with Gasteiger partial charge in [0.05, 0.1) is 6.61 Å². The first-order chi connectivity index (χ1) is 14.6. The lowest BCUT2D eigenvalue weighted by Crippen LogP contribution is -2.41. The van der Waals surface area contributed by atoms with E-state index >= 15 is 0 Å². The number of aliphatic hydroxyl groups is 1. The summed E-state index contributed by atoms with van der Waals surface area (Å²) in [6.45, 7) is 5.49. The van der Waals surface area contributed by atoms with Gasteiger partial charge in [-0.1, -0.05) is 86.6 Å². The van der Waals surface area contributed by atoms with E-state index in [0.717, 1.165) is 23.3 Å². The first-order valence-electron chi connectivity index (χ1n) is 10.7. The van der Waals surface area contributed by atoms with Gasteiger partial charge >= 0.3 is 0 Å². The van der Waals surface area contributed by atoms with Gasteiger partial charge in [0.25, 0.3) is 0 Å². The summed E-state index contributed by atoms with van der Waals surface area (Å²) in [5.41, 5.74) is 9.55. The van der Waals surface area contributed by atoms with Gasteiger partial charge in [-0.05, 0) is 53.1 Å². The highest BCUT2D eigenvalue weighted by Crippen LogP contribution is 2.48. The monoisotopic (exact) mass is 403 g/mol. The Morgan fingerprint density at radius 1 is 0.867 bits per heavy atom. The Morgan fingerprint density at radius 2 is 1.50 bits per heavy atom. The highest BCUT2D eigenvalue weighted by molar-refractivity contribution is 5.34. The van der Waals surface area contributed by atoms with Gasteiger partial charge in [0.2, 0.25) is 0 Å². The van der Waals surface area contributed by atoms with Crippen LogP contribution in [-0.2, 0) is 6.61 Å². The topological polar surface area (TPSA) is 55.5 Å². The molecule has 0 unspecified atom stereocenters. The molecule has 0 aliphatic carbocycles. The minimum absolute atomic E-state index is 0.0393. The molecule has 0 heterocycles. The Balaban J connectivity index is 1.87. The van der Waals surface area contributed by atoms with Crippen molar-refractivity contribution in [1.82, 2.24) is 0 Å². The molecule has 0 amide bonds. The van der Waals surface area contributed by atoms with Crippen LogP contribution in [0.2, 0.25) is 0 Å². The second kappa shape index (κ2) is 10.4. The fourth-order valence-corrected chi connectivity index (χ4v) is 4.55. The lowest BCUT2D eigenvalue weighted by atomic mass is 9.63. The van der Waals surface area contributed by atoms with E-state index in [-0.39, 0.29) is 23.9 Å². The summed E-state index contributed by atoms with van der Waals surface area (Å²) in [7, 11) is 0. The first-order valence-corrected chi connectivity index (χ1v) is 10.7. The molecule has 3 aromatic carbocycles. The molecule has 0 aromatic heterocycles. The molecule has 3 aromatic rings. The van der Waals surface area contributed by atoms with E-state index in [2.05, 4.69) is 50.2 Å². The van der Waals surface area contributed by atoms with E-state index < -0.39 is 0 Å². The largest absolute Gasteiger partial charge is 0.489 e. The second-order valence-electron chi connectivity index (χ2n) is 8.16. The van der Waals surface area contributed by atoms with Gasteiger partial charge in [0.1, 0.15) is 12.4 Å². The summed E-state index contributed by atoms with van der Waals surface area (Å²) in [6.07, 6.45) is 0.930. The molecule has 0 saturated heterocycles. The molecule has 3 atom stereocenters. The first kappa shape index (κ1) is 22.1. The fourth-order valence-electron chi connectivity index (χ4n) is 4.55. The molecular formula is C27H33NO2. The predicted octanol–water partition coefficient (Wildman–Crippen LogP) is 5.50. The number of aliphatic hydroxyl groups excluding tert-OH is 1. The minimum atomic E-state index is -0.289. The summed E-state index contributed by atoms with van der Waals surface area (Å²) in [5.74, 6) is 1.01. The quantitative estimate of drug-likeness (QED) is 0.470. The number of benzene rings is 3. The molecule has 3 N–H and O–H groups in total. The van der Waals surface area contributed by atoms with Crippen molar-refractivity contribution >= 4 is 0 Å². The molecule has 0 fully saturated rings. The zero-order chi connectivity index (χ0) is 21.4. The number of ether oxygens (including phenoxy) is 1. The van der Waals surface area contributed by atoms with Crippen molar-refractivity contribution in [3.8, 4) is 5.75 Å². The van der Waals surface area contributed by atoms with Crippen LogP contribution in [-0.4, -0.2) is 18.3 Å². The van der Waals surface area contributed by atoms with E-state index in [4.69, 9.17) is 10.5 Å². The highest BCUT2D eigenvalue weighted by Gasteiger charge is 2.40. The van der Waals surface area contributed by atoms with Gasteiger partial charge in [-0.25, -0.2) is 0 Å². The number of hydrogen-bond donors (Lipinski definition) is 2. The normalized spacial score (nSPS) is 15.2. The molecule has 0 radical (unpaired) electrons. The summed E-state index contributed by atoms with van der Waals surface area (Å²) < 4.78 is 6.06. The average Bonchev–Trinajstić information content (AvgIpc) is 2.80. The number of nitrogens with two attached hydrogens (primary N) is 1. The van der Waals surface area contributed by atoms with Crippen LogP contribution >= 0.6 is 0 Å². The van der Waals surface area contributed by atoms with Crippen LogP contribution in [0.3, 0.4) is 0 Å². The van der Waals surface area contributed by atoms with E-state index in [1.54, 1.807) is 0 Å². The molecule has 0 aliphatic heterocycles. The van der Waals surface area contributed by atoms with Crippen molar-refractivity contribution in [2.24, 2.45) is 11.1 Å². The maximum absolute atomic E-state index is 10.3. The van der Waals surface area contributed by atoms with E-state index in [1.807, 2.05) is 48.5 Å². The van der Waals surface area contributed by atoms with E-state index in [9.17, 15) is 5.11 Å². The van der Waals surface area contributed by atoms with Gasteiger partial charge in [-0.3, -0.25) is 0 Å². The Kier molecular flexibility index (Phi) is 7.67. The van der Waals surface area contributed by atoms with Crippen LogP contribution < -0.4 is 10.5 Å². The summed E-state index contributed by atoms with van der Waals surface area (Å²) in [5, 5.41) is 10.3. The summed E-state index contributed by atoms with van der Waals surface area (Å²) in [4.78, 5) is 0. The zero-order valence-corrected chi connectivity index (χ0v) is 18.0. The van der Waals surface area contributed by atoms with Crippen LogP contribution in [0.15, 0.2) is 84.9 Å². The highest BCUT2D eigenvalue weighted by atomic mass is 16.5. The Morgan fingerprint density at radius 3 is 2.10 bits per heavy atom. The van der Waals surface area contributed by atoms with Crippen molar-refractivity contribution in [1.29, 1.82) is 0 Å². The molecule has 30 heavy (non-hydrogen) atoms. The maximum Gasteiger partial charge on any atom is 0.120 e. The average molecular weight is 404 g/mol. The van der Waals surface area contributed by atoms with Gasteiger partial charge in [0, 0.05) is 5.92 Å². The molecule has 0 saturated carbocycles. The molecule has 158 valence electrons. The third-order valence-electron chi connectivity index (χ3n) is 6.33. The van der Waals surface area contributed by atoms with Crippen molar-refractivity contribution in [2.75, 3.05) is 13.2 Å². The van der Waals surface area contributed by atoms with Gasteiger partial charge in [0.15, 0.2) is 0 Å². The molecule has 0 spiro atoms. The lowest BCUT2D eigenvalue weighted by Gasteiger charge is -2.43. The maximum atomic E-state index is 10.3. The summed E-state index contributed by atoms with van der Waals surface area (Å²) in [6, 6.07) is 28.7.